The van der Waals surface area contributed by atoms with Gasteiger partial charge in [-0.15, -0.1) is 11.3 Å². The average Bonchev–Trinajstić information content (AvgIpc) is 3.11. The SMILES string of the molecule is Cc1ccc(Cn2c(=O)n(-c3ccc(C)c(C)c3)c(=O)c3c(C)c(C(=O)N(C)C)sc32)cc1. The molecule has 0 saturated heterocycles. The van der Waals surface area contributed by atoms with Crippen molar-refractivity contribution in [3.63, 3.8) is 0 Å². The second kappa shape index (κ2) is 8.48. The molecule has 7 heteroatoms. The maximum Gasteiger partial charge on any atom is 0.337 e. The summed E-state index contributed by atoms with van der Waals surface area (Å²) in [6, 6.07) is 13.5. The first kappa shape index (κ1) is 22.7. The van der Waals surface area contributed by atoms with Gasteiger partial charge >= 0.3 is 5.69 Å². The van der Waals surface area contributed by atoms with Gasteiger partial charge in [0.05, 0.1) is 22.5 Å². The summed E-state index contributed by atoms with van der Waals surface area (Å²) in [6.07, 6.45) is 0. The lowest BCUT2D eigenvalue weighted by Crippen LogP contribution is -2.39. The number of rotatable bonds is 4. The molecule has 33 heavy (non-hydrogen) atoms. The van der Waals surface area contributed by atoms with Gasteiger partial charge in [0.1, 0.15) is 4.83 Å². The Labute approximate surface area is 196 Å². The summed E-state index contributed by atoms with van der Waals surface area (Å²) in [4.78, 5) is 42.7. The van der Waals surface area contributed by atoms with Gasteiger partial charge in [0.2, 0.25) is 0 Å². The number of hydrogen-bond donors (Lipinski definition) is 0. The van der Waals surface area contributed by atoms with E-state index in [0.717, 1.165) is 22.3 Å². The van der Waals surface area contributed by atoms with Crippen LogP contribution in [0.1, 0.15) is 37.5 Å². The molecule has 0 spiro atoms. The van der Waals surface area contributed by atoms with E-state index < -0.39 is 11.2 Å². The molecule has 2 aromatic heterocycles. The predicted molar refractivity (Wildman–Crippen MR) is 134 cm³/mol. The van der Waals surface area contributed by atoms with Gasteiger partial charge in [-0.1, -0.05) is 35.9 Å². The Bertz CT molecular complexity index is 1510. The van der Waals surface area contributed by atoms with E-state index in [1.165, 1.54) is 20.8 Å². The van der Waals surface area contributed by atoms with Gasteiger partial charge in [0.25, 0.3) is 11.5 Å². The zero-order valence-corrected chi connectivity index (χ0v) is 20.5. The van der Waals surface area contributed by atoms with Crippen LogP contribution in [0.5, 0.6) is 0 Å². The molecule has 1 amide bonds. The van der Waals surface area contributed by atoms with Gasteiger partial charge in [-0.05, 0) is 62.1 Å². The Morgan fingerprint density at radius 1 is 0.939 bits per heavy atom. The van der Waals surface area contributed by atoms with Crippen molar-refractivity contribution in [2.45, 2.75) is 34.2 Å². The zero-order valence-electron chi connectivity index (χ0n) is 19.7. The fourth-order valence-corrected chi connectivity index (χ4v) is 5.18. The molecule has 0 atom stereocenters. The first-order valence-corrected chi connectivity index (χ1v) is 11.6. The van der Waals surface area contributed by atoms with E-state index in [1.807, 2.05) is 57.2 Å². The van der Waals surface area contributed by atoms with Crippen LogP contribution in [0.15, 0.2) is 52.1 Å². The summed E-state index contributed by atoms with van der Waals surface area (Å²) in [5.41, 5.74) is 4.47. The molecular weight excluding hydrogens is 434 g/mol. The minimum atomic E-state index is -0.415. The van der Waals surface area contributed by atoms with E-state index in [2.05, 4.69) is 0 Å². The normalized spacial score (nSPS) is 11.2. The zero-order chi connectivity index (χ0) is 24.0. The van der Waals surface area contributed by atoms with E-state index >= 15 is 0 Å². The maximum absolute atomic E-state index is 13.7. The predicted octanol–water partition coefficient (Wildman–Crippen LogP) is 4.20. The van der Waals surface area contributed by atoms with E-state index in [4.69, 9.17) is 0 Å². The van der Waals surface area contributed by atoms with E-state index in [1.54, 1.807) is 31.7 Å². The molecule has 0 radical (unpaired) electrons. The molecule has 2 heterocycles. The number of amides is 1. The van der Waals surface area contributed by atoms with E-state index in [-0.39, 0.29) is 5.91 Å². The molecule has 6 nitrogen and oxygen atoms in total. The van der Waals surface area contributed by atoms with Crippen molar-refractivity contribution in [3.8, 4) is 5.69 Å². The summed E-state index contributed by atoms with van der Waals surface area (Å²) >= 11 is 1.21. The lowest BCUT2D eigenvalue weighted by atomic mass is 10.1. The number of carbonyl (C=O) groups is 1. The molecule has 0 bridgehead atoms. The fraction of sp³-hybridized carbons (Fsp3) is 0.269. The molecule has 170 valence electrons. The molecular formula is C26H27N3O3S. The van der Waals surface area contributed by atoms with Crippen molar-refractivity contribution in [2.24, 2.45) is 0 Å². The van der Waals surface area contributed by atoms with Gasteiger partial charge in [0.15, 0.2) is 0 Å². The Balaban J connectivity index is 2.08. The van der Waals surface area contributed by atoms with Crippen molar-refractivity contribution in [1.82, 2.24) is 14.0 Å². The summed E-state index contributed by atoms with van der Waals surface area (Å²) < 4.78 is 2.84. The molecule has 4 rings (SSSR count). The van der Waals surface area contributed by atoms with Crippen LogP contribution >= 0.6 is 11.3 Å². The van der Waals surface area contributed by atoms with Gasteiger partial charge < -0.3 is 4.90 Å². The van der Waals surface area contributed by atoms with Crippen LogP contribution in [0.2, 0.25) is 0 Å². The van der Waals surface area contributed by atoms with Crippen LogP contribution in [0, 0.1) is 27.7 Å². The topological polar surface area (TPSA) is 64.3 Å². The first-order chi connectivity index (χ1) is 15.6. The van der Waals surface area contributed by atoms with Crippen LogP contribution in [0.3, 0.4) is 0 Å². The third-order valence-electron chi connectivity index (χ3n) is 6.02. The van der Waals surface area contributed by atoms with Crippen LogP contribution < -0.4 is 11.2 Å². The largest absolute Gasteiger partial charge is 0.344 e. The lowest BCUT2D eigenvalue weighted by Gasteiger charge is -2.13. The molecule has 2 aromatic carbocycles. The number of aromatic nitrogens is 2. The smallest absolute Gasteiger partial charge is 0.337 e. The van der Waals surface area contributed by atoms with Crippen molar-refractivity contribution in [3.05, 3.63) is 96.0 Å². The molecule has 0 fully saturated rings. The molecule has 0 aliphatic carbocycles. The summed E-state index contributed by atoms with van der Waals surface area (Å²) in [5, 5.41) is 0.412. The Kier molecular flexibility index (Phi) is 5.84. The van der Waals surface area contributed by atoms with Crippen molar-refractivity contribution < 1.29 is 4.79 Å². The van der Waals surface area contributed by atoms with E-state index in [9.17, 15) is 14.4 Å². The highest BCUT2D eigenvalue weighted by atomic mass is 32.1. The van der Waals surface area contributed by atoms with Crippen molar-refractivity contribution in [1.29, 1.82) is 0 Å². The summed E-state index contributed by atoms with van der Waals surface area (Å²) in [6.45, 7) is 8.04. The van der Waals surface area contributed by atoms with Crippen LogP contribution in [0.4, 0.5) is 0 Å². The first-order valence-electron chi connectivity index (χ1n) is 10.7. The Hall–Kier alpha value is -3.45. The van der Waals surface area contributed by atoms with E-state index in [0.29, 0.717) is 32.9 Å². The van der Waals surface area contributed by atoms with Crippen LogP contribution in [-0.4, -0.2) is 34.0 Å². The van der Waals surface area contributed by atoms with Crippen molar-refractivity contribution >= 4 is 27.5 Å². The quantitative estimate of drug-likeness (QED) is 0.458. The third kappa shape index (κ3) is 3.93. The minimum Gasteiger partial charge on any atom is -0.344 e. The number of carbonyl (C=O) groups excluding carboxylic acids is 1. The fourth-order valence-electron chi connectivity index (χ4n) is 3.86. The summed E-state index contributed by atoms with van der Waals surface area (Å²) in [5.74, 6) is -0.180. The molecule has 0 aliphatic rings. The second-order valence-corrected chi connectivity index (χ2v) is 9.70. The number of nitrogens with zero attached hydrogens (tertiary/aromatic N) is 3. The highest BCUT2D eigenvalue weighted by Gasteiger charge is 2.24. The molecule has 4 aromatic rings. The molecule has 0 N–H and O–H groups in total. The Morgan fingerprint density at radius 3 is 2.21 bits per heavy atom. The highest BCUT2D eigenvalue weighted by molar-refractivity contribution is 7.20. The standard InChI is InChI=1S/C26H27N3O3S/c1-15-7-10-19(11-8-15)14-28-25-21(18(4)22(33-25)24(31)27(5)6)23(30)29(26(28)32)20-12-9-16(2)17(3)13-20/h7-13H,14H2,1-6H3. The Morgan fingerprint density at radius 2 is 1.61 bits per heavy atom. The van der Waals surface area contributed by atoms with Gasteiger partial charge in [-0.3, -0.25) is 14.2 Å². The van der Waals surface area contributed by atoms with Crippen molar-refractivity contribution in [2.75, 3.05) is 14.1 Å². The molecule has 0 aliphatic heterocycles. The van der Waals surface area contributed by atoms with Crippen LogP contribution in [-0.2, 0) is 6.54 Å². The number of fused-ring (bicyclic) bond motifs is 1. The second-order valence-electron chi connectivity index (χ2n) is 8.70. The third-order valence-corrected chi connectivity index (χ3v) is 7.33. The lowest BCUT2D eigenvalue weighted by molar-refractivity contribution is 0.0831. The van der Waals surface area contributed by atoms with Gasteiger partial charge in [-0.2, -0.15) is 0 Å². The number of aryl methyl sites for hydroxylation is 4. The average molecular weight is 462 g/mol. The van der Waals surface area contributed by atoms with Crippen LogP contribution in [0.25, 0.3) is 15.9 Å². The number of hydrogen-bond acceptors (Lipinski definition) is 4. The highest BCUT2D eigenvalue weighted by Crippen LogP contribution is 2.29. The number of thiophene rings is 1. The summed E-state index contributed by atoms with van der Waals surface area (Å²) in [7, 11) is 3.36. The minimum absolute atomic E-state index is 0.180. The maximum atomic E-state index is 13.7. The monoisotopic (exact) mass is 461 g/mol. The number of benzene rings is 2. The van der Waals surface area contributed by atoms with Gasteiger partial charge in [-0.25, -0.2) is 9.36 Å². The molecule has 0 saturated carbocycles. The molecule has 0 unspecified atom stereocenters. The van der Waals surface area contributed by atoms with Gasteiger partial charge in [0, 0.05) is 14.1 Å².